The largest absolute Gasteiger partial charge is 0.299 e. The highest BCUT2D eigenvalue weighted by Gasteiger charge is 2.06. The molecular weight excluding hydrogens is 238 g/mol. The fraction of sp³-hybridized carbons (Fsp3) is 0.333. The third-order valence-corrected chi connectivity index (χ3v) is 2.66. The van der Waals surface area contributed by atoms with Crippen LogP contribution in [-0.4, -0.2) is 6.54 Å². The number of nitrogens with one attached hydrogen (secondary N) is 1. The normalized spacial score (nSPS) is 12.1. The van der Waals surface area contributed by atoms with Gasteiger partial charge in [-0.1, -0.05) is 40.9 Å². The molecule has 0 spiro atoms. The minimum atomic E-state index is 0.360. The highest BCUT2D eigenvalue weighted by Crippen LogP contribution is 2.18. The molecule has 0 aromatic heterocycles. The highest BCUT2D eigenvalue weighted by atomic mass is 79.9. The van der Waals surface area contributed by atoms with Crippen molar-refractivity contribution in [2.45, 2.75) is 19.4 Å². The zero-order valence-corrected chi connectivity index (χ0v) is 9.84. The van der Waals surface area contributed by atoms with Crippen molar-refractivity contribution in [3.8, 4) is 12.3 Å². The Labute approximate surface area is 94.0 Å². The first kappa shape index (κ1) is 11.3. The molecule has 74 valence electrons. The molecule has 1 rings (SSSR count). The zero-order valence-electron chi connectivity index (χ0n) is 8.26. The number of hydrogen-bond donors (Lipinski definition) is 1. The van der Waals surface area contributed by atoms with E-state index < -0.39 is 0 Å². The van der Waals surface area contributed by atoms with Crippen molar-refractivity contribution >= 4 is 15.9 Å². The summed E-state index contributed by atoms with van der Waals surface area (Å²) in [5.74, 6) is 2.59. The fourth-order valence-corrected chi connectivity index (χ4v) is 1.64. The smallest absolute Gasteiger partial charge is 0.0578 e. The van der Waals surface area contributed by atoms with Crippen LogP contribution in [0.5, 0.6) is 0 Å². The predicted molar refractivity (Wildman–Crippen MR) is 64.0 cm³/mol. The Balaban J connectivity index is 2.69. The molecule has 0 amide bonds. The Hall–Kier alpha value is -0.780. The standard InChI is InChI=1S/C12H14BrN/c1-3-9-14-12(4-2)10-5-7-11(13)8-6-10/h1,5-8,12,14H,4,9H2,2H3. The molecule has 0 bridgehead atoms. The lowest BCUT2D eigenvalue weighted by Gasteiger charge is -2.15. The first-order chi connectivity index (χ1) is 6.77. The van der Waals surface area contributed by atoms with Gasteiger partial charge in [0, 0.05) is 10.5 Å². The molecule has 1 N–H and O–H groups in total. The fourth-order valence-electron chi connectivity index (χ4n) is 1.38. The number of halogens is 1. The van der Waals surface area contributed by atoms with Crippen molar-refractivity contribution in [1.82, 2.24) is 5.32 Å². The number of terminal acetylenes is 1. The zero-order chi connectivity index (χ0) is 10.4. The van der Waals surface area contributed by atoms with E-state index in [2.05, 4.69) is 58.4 Å². The molecule has 0 aliphatic heterocycles. The second-order valence-electron chi connectivity index (χ2n) is 3.10. The number of rotatable bonds is 4. The van der Waals surface area contributed by atoms with Gasteiger partial charge in [0.05, 0.1) is 6.54 Å². The van der Waals surface area contributed by atoms with Crippen molar-refractivity contribution in [3.05, 3.63) is 34.3 Å². The summed E-state index contributed by atoms with van der Waals surface area (Å²) in [6.45, 7) is 2.77. The van der Waals surface area contributed by atoms with Crippen molar-refractivity contribution in [3.63, 3.8) is 0 Å². The van der Waals surface area contributed by atoms with Crippen LogP contribution in [0.3, 0.4) is 0 Å². The van der Waals surface area contributed by atoms with Crippen LogP contribution < -0.4 is 5.32 Å². The highest BCUT2D eigenvalue weighted by molar-refractivity contribution is 9.10. The van der Waals surface area contributed by atoms with Crippen molar-refractivity contribution in [2.75, 3.05) is 6.54 Å². The minimum Gasteiger partial charge on any atom is -0.299 e. The maximum Gasteiger partial charge on any atom is 0.0578 e. The van der Waals surface area contributed by atoms with E-state index in [4.69, 9.17) is 6.42 Å². The molecule has 14 heavy (non-hydrogen) atoms. The molecular formula is C12H14BrN. The molecule has 1 aromatic carbocycles. The number of hydrogen-bond acceptors (Lipinski definition) is 1. The van der Waals surface area contributed by atoms with Gasteiger partial charge in [-0.15, -0.1) is 6.42 Å². The summed E-state index contributed by atoms with van der Waals surface area (Å²) < 4.78 is 1.10. The lowest BCUT2D eigenvalue weighted by Crippen LogP contribution is -2.20. The predicted octanol–water partition coefficient (Wildman–Crippen LogP) is 3.12. The molecule has 0 fully saturated rings. The van der Waals surface area contributed by atoms with Crippen LogP contribution >= 0.6 is 15.9 Å². The van der Waals surface area contributed by atoms with Crippen LogP contribution in [-0.2, 0) is 0 Å². The average Bonchev–Trinajstić information content (AvgIpc) is 2.21. The van der Waals surface area contributed by atoms with Gasteiger partial charge in [0.1, 0.15) is 0 Å². The van der Waals surface area contributed by atoms with E-state index >= 15 is 0 Å². The van der Waals surface area contributed by atoms with Crippen LogP contribution in [0.15, 0.2) is 28.7 Å². The maximum atomic E-state index is 5.21. The van der Waals surface area contributed by atoms with Gasteiger partial charge in [-0.2, -0.15) is 0 Å². The van der Waals surface area contributed by atoms with Gasteiger partial charge in [-0.3, -0.25) is 5.32 Å². The van der Waals surface area contributed by atoms with E-state index in [9.17, 15) is 0 Å². The maximum absolute atomic E-state index is 5.21. The van der Waals surface area contributed by atoms with Gasteiger partial charge in [-0.05, 0) is 24.1 Å². The molecule has 0 radical (unpaired) electrons. The first-order valence-electron chi connectivity index (χ1n) is 4.70. The minimum absolute atomic E-state index is 0.360. The summed E-state index contributed by atoms with van der Waals surface area (Å²) in [5.41, 5.74) is 1.28. The van der Waals surface area contributed by atoms with Crippen molar-refractivity contribution < 1.29 is 0 Å². The monoisotopic (exact) mass is 251 g/mol. The lowest BCUT2D eigenvalue weighted by molar-refractivity contribution is 0.555. The second kappa shape index (κ2) is 5.85. The Morgan fingerprint density at radius 3 is 2.57 bits per heavy atom. The second-order valence-corrected chi connectivity index (χ2v) is 4.01. The molecule has 0 aliphatic carbocycles. The van der Waals surface area contributed by atoms with E-state index in [1.54, 1.807) is 0 Å². The van der Waals surface area contributed by atoms with Gasteiger partial charge in [0.25, 0.3) is 0 Å². The molecule has 1 unspecified atom stereocenters. The summed E-state index contributed by atoms with van der Waals surface area (Å²) in [4.78, 5) is 0. The molecule has 1 aromatic rings. The molecule has 0 heterocycles. The van der Waals surface area contributed by atoms with Crippen molar-refractivity contribution in [2.24, 2.45) is 0 Å². The first-order valence-corrected chi connectivity index (χ1v) is 5.49. The van der Waals surface area contributed by atoms with E-state index in [0.29, 0.717) is 12.6 Å². The van der Waals surface area contributed by atoms with Gasteiger partial charge in [0.2, 0.25) is 0 Å². The Morgan fingerprint density at radius 2 is 2.07 bits per heavy atom. The summed E-state index contributed by atoms with van der Waals surface area (Å²) in [6, 6.07) is 8.69. The van der Waals surface area contributed by atoms with E-state index in [1.165, 1.54) is 5.56 Å². The third-order valence-electron chi connectivity index (χ3n) is 2.13. The van der Waals surface area contributed by atoms with E-state index in [1.807, 2.05) is 0 Å². The molecule has 1 nitrogen and oxygen atoms in total. The third kappa shape index (κ3) is 3.17. The quantitative estimate of drug-likeness (QED) is 0.812. The summed E-state index contributed by atoms with van der Waals surface area (Å²) in [6.07, 6.45) is 6.26. The van der Waals surface area contributed by atoms with Gasteiger partial charge in [-0.25, -0.2) is 0 Å². The molecule has 0 aliphatic rings. The van der Waals surface area contributed by atoms with Crippen LogP contribution in [0.4, 0.5) is 0 Å². The average molecular weight is 252 g/mol. The van der Waals surface area contributed by atoms with Crippen LogP contribution in [0.1, 0.15) is 24.9 Å². The Kier molecular flexibility index (Phi) is 4.72. The Morgan fingerprint density at radius 1 is 1.43 bits per heavy atom. The molecule has 2 heteroatoms. The summed E-state index contributed by atoms with van der Waals surface area (Å²) >= 11 is 3.42. The SMILES string of the molecule is C#CCNC(CC)c1ccc(Br)cc1. The topological polar surface area (TPSA) is 12.0 Å². The number of benzene rings is 1. The molecule has 0 saturated heterocycles. The van der Waals surface area contributed by atoms with Crippen LogP contribution in [0.25, 0.3) is 0 Å². The van der Waals surface area contributed by atoms with E-state index in [-0.39, 0.29) is 0 Å². The lowest BCUT2D eigenvalue weighted by atomic mass is 10.1. The van der Waals surface area contributed by atoms with Crippen LogP contribution in [0.2, 0.25) is 0 Å². The van der Waals surface area contributed by atoms with E-state index in [0.717, 1.165) is 10.9 Å². The van der Waals surface area contributed by atoms with Crippen molar-refractivity contribution in [1.29, 1.82) is 0 Å². The molecule has 1 atom stereocenters. The van der Waals surface area contributed by atoms with Crippen LogP contribution in [0, 0.1) is 12.3 Å². The molecule has 0 saturated carbocycles. The van der Waals surface area contributed by atoms with Gasteiger partial charge in [0.15, 0.2) is 0 Å². The Bertz CT molecular complexity index is 310. The summed E-state index contributed by atoms with van der Waals surface area (Å²) in [7, 11) is 0. The van der Waals surface area contributed by atoms with Gasteiger partial charge >= 0.3 is 0 Å². The summed E-state index contributed by atoms with van der Waals surface area (Å²) in [5, 5.41) is 3.30. The van der Waals surface area contributed by atoms with Gasteiger partial charge < -0.3 is 0 Å².